The number of aromatic nitrogens is 1. The van der Waals surface area contributed by atoms with Crippen LogP contribution in [0.3, 0.4) is 0 Å². The lowest BCUT2D eigenvalue weighted by atomic mass is 10.2. The quantitative estimate of drug-likeness (QED) is 0.872. The molecular weight excluding hydrogens is 304 g/mol. The highest BCUT2D eigenvalue weighted by atomic mass is 35.5. The number of halogens is 1. The topological polar surface area (TPSA) is 43.2 Å². The van der Waals surface area contributed by atoms with Crippen molar-refractivity contribution in [3.05, 3.63) is 45.2 Å². The molecule has 0 bridgehead atoms. The molecule has 108 valence electrons. The van der Waals surface area contributed by atoms with Crippen LogP contribution in [0.1, 0.15) is 10.4 Å². The van der Waals surface area contributed by atoms with Crippen molar-refractivity contribution in [2.45, 2.75) is 6.54 Å². The molecule has 0 spiro atoms. The molecule has 0 saturated carbocycles. The molecule has 6 heteroatoms. The molecule has 1 aliphatic rings. The first-order valence-corrected chi connectivity index (χ1v) is 8.02. The third-order valence-electron chi connectivity index (χ3n) is 3.58. The monoisotopic (exact) mass is 318 g/mol. The van der Waals surface area contributed by atoms with E-state index in [1.54, 1.807) is 23.6 Å². The van der Waals surface area contributed by atoms with E-state index in [9.17, 15) is 0 Å². The van der Waals surface area contributed by atoms with Crippen molar-refractivity contribution in [3.63, 3.8) is 0 Å². The van der Waals surface area contributed by atoms with Gasteiger partial charge in [-0.1, -0.05) is 11.6 Å². The van der Waals surface area contributed by atoms with E-state index in [1.807, 2.05) is 12.1 Å². The summed E-state index contributed by atoms with van der Waals surface area (Å²) in [6.45, 7) is 4.81. The molecule has 0 atom stereocenters. The largest absolute Gasteiger partial charge is 0.354 e. The van der Waals surface area contributed by atoms with Crippen molar-refractivity contribution < 1.29 is 0 Å². The van der Waals surface area contributed by atoms with Crippen LogP contribution in [0.25, 0.3) is 0 Å². The Morgan fingerprint density at radius 2 is 2.05 bits per heavy atom. The number of nitriles is 1. The maximum Gasteiger partial charge on any atom is 0.129 e. The Morgan fingerprint density at radius 1 is 1.24 bits per heavy atom. The first kappa shape index (κ1) is 14.3. The second-order valence-corrected chi connectivity index (χ2v) is 6.78. The number of thiophene rings is 1. The lowest BCUT2D eigenvalue weighted by Gasteiger charge is -2.35. The molecule has 0 N–H and O–H groups in total. The van der Waals surface area contributed by atoms with Gasteiger partial charge < -0.3 is 4.90 Å². The van der Waals surface area contributed by atoms with Crippen molar-refractivity contribution >= 4 is 28.8 Å². The lowest BCUT2D eigenvalue weighted by molar-refractivity contribution is 0.251. The third-order valence-corrected chi connectivity index (χ3v) is 4.80. The smallest absolute Gasteiger partial charge is 0.129 e. The summed E-state index contributed by atoms with van der Waals surface area (Å²) in [6, 6.07) is 9.80. The molecule has 1 aliphatic heterocycles. The second kappa shape index (κ2) is 6.44. The number of anilines is 1. The van der Waals surface area contributed by atoms with Gasteiger partial charge in [0.05, 0.1) is 16.0 Å². The fourth-order valence-corrected chi connectivity index (χ4v) is 3.58. The van der Waals surface area contributed by atoms with Gasteiger partial charge in [-0.2, -0.15) is 5.26 Å². The van der Waals surface area contributed by atoms with Gasteiger partial charge in [0.1, 0.15) is 5.82 Å². The Bertz CT molecular complexity index is 656. The normalized spacial score (nSPS) is 15.9. The average Bonchev–Trinajstić information content (AvgIpc) is 2.93. The molecule has 0 radical (unpaired) electrons. The summed E-state index contributed by atoms with van der Waals surface area (Å²) < 4.78 is 0.848. The summed E-state index contributed by atoms with van der Waals surface area (Å²) in [5.41, 5.74) is 0.663. The molecular formula is C15H15ClN4S. The summed E-state index contributed by atoms with van der Waals surface area (Å²) in [5, 5.41) is 8.95. The summed E-state index contributed by atoms with van der Waals surface area (Å²) >= 11 is 7.61. The minimum Gasteiger partial charge on any atom is -0.354 e. The van der Waals surface area contributed by atoms with Crippen molar-refractivity contribution in [2.24, 2.45) is 0 Å². The van der Waals surface area contributed by atoms with E-state index in [0.717, 1.165) is 42.9 Å². The molecule has 0 aliphatic carbocycles. The number of hydrogen-bond acceptors (Lipinski definition) is 5. The summed E-state index contributed by atoms with van der Waals surface area (Å²) in [5.74, 6) is 0.896. The molecule has 3 heterocycles. The fourth-order valence-electron chi connectivity index (χ4n) is 2.45. The first-order chi connectivity index (χ1) is 10.2. The van der Waals surface area contributed by atoms with Gasteiger partial charge in [-0.25, -0.2) is 4.98 Å². The zero-order chi connectivity index (χ0) is 14.7. The van der Waals surface area contributed by atoms with Crippen LogP contribution >= 0.6 is 22.9 Å². The number of nitrogens with zero attached hydrogens (tertiary/aromatic N) is 4. The van der Waals surface area contributed by atoms with Gasteiger partial charge in [0, 0.05) is 43.8 Å². The summed E-state index contributed by atoms with van der Waals surface area (Å²) in [7, 11) is 0. The second-order valence-electron chi connectivity index (χ2n) is 4.98. The van der Waals surface area contributed by atoms with Gasteiger partial charge in [-0.05, 0) is 24.3 Å². The fraction of sp³-hybridized carbons (Fsp3) is 0.333. The van der Waals surface area contributed by atoms with Gasteiger partial charge in [-0.15, -0.1) is 11.3 Å². The van der Waals surface area contributed by atoms with Crippen LogP contribution in [-0.2, 0) is 6.54 Å². The molecule has 2 aromatic rings. The van der Waals surface area contributed by atoms with E-state index in [4.69, 9.17) is 16.9 Å². The van der Waals surface area contributed by atoms with Crippen LogP contribution in [0, 0.1) is 11.3 Å². The number of rotatable bonds is 3. The molecule has 3 rings (SSSR count). The minimum atomic E-state index is 0.663. The molecule has 1 fully saturated rings. The maximum absolute atomic E-state index is 8.95. The predicted molar refractivity (Wildman–Crippen MR) is 85.8 cm³/mol. The molecule has 21 heavy (non-hydrogen) atoms. The van der Waals surface area contributed by atoms with E-state index in [0.29, 0.717) is 5.56 Å². The minimum absolute atomic E-state index is 0.663. The van der Waals surface area contributed by atoms with E-state index >= 15 is 0 Å². The van der Waals surface area contributed by atoms with Crippen LogP contribution in [0.4, 0.5) is 5.82 Å². The number of hydrogen-bond donors (Lipinski definition) is 0. The molecule has 0 amide bonds. The molecule has 0 aromatic carbocycles. The van der Waals surface area contributed by atoms with E-state index in [2.05, 4.69) is 26.9 Å². The Kier molecular flexibility index (Phi) is 4.39. The highest BCUT2D eigenvalue weighted by molar-refractivity contribution is 7.16. The molecule has 0 unspecified atom stereocenters. The van der Waals surface area contributed by atoms with Gasteiger partial charge in [0.15, 0.2) is 0 Å². The van der Waals surface area contributed by atoms with Crippen LogP contribution in [0.5, 0.6) is 0 Å². The van der Waals surface area contributed by atoms with Crippen LogP contribution in [0.15, 0.2) is 30.5 Å². The van der Waals surface area contributed by atoms with Crippen molar-refractivity contribution in [1.29, 1.82) is 5.26 Å². The lowest BCUT2D eigenvalue weighted by Crippen LogP contribution is -2.46. The molecule has 4 nitrogen and oxygen atoms in total. The highest BCUT2D eigenvalue weighted by Gasteiger charge is 2.18. The summed E-state index contributed by atoms with van der Waals surface area (Å²) in [6.07, 6.45) is 1.70. The van der Waals surface area contributed by atoms with Gasteiger partial charge in [0.25, 0.3) is 0 Å². The molecule has 1 saturated heterocycles. The zero-order valence-corrected chi connectivity index (χ0v) is 13.1. The molecule has 2 aromatic heterocycles. The maximum atomic E-state index is 8.95. The standard InChI is InChI=1S/C15H15ClN4S/c16-14-2-1-13(21-14)11-19-5-7-20(8-6-19)15-9-12(10-17)3-4-18-15/h1-4,9H,5-8,11H2. The summed E-state index contributed by atoms with van der Waals surface area (Å²) in [4.78, 5) is 10.3. The third kappa shape index (κ3) is 3.53. The highest BCUT2D eigenvalue weighted by Crippen LogP contribution is 2.23. The predicted octanol–water partition coefficient (Wildman–Crippen LogP) is 2.99. The van der Waals surface area contributed by atoms with E-state index < -0.39 is 0 Å². The Morgan fingerprint density at radius 3 is 2.71 bits per heavy atom. The Balaban J connectivity index is 1.58. The van der Waals surface area contributed by atoms with Crippen molar-refractivity contribution in [1.82, 2.24) is 9.88 Å². The van der Waals surface area contributed by atoms with Crippen molar-refractivity contribution in [2.75, 3.05) is 31.1 Å². The van der Waals surface area contributed by atoms with E-state index in [-0.39, 0.29) is 0 Å². The number of pyridine rings is 1. The Labute approximate surface area is 133 Å². The van der Waals surface area contributed by atoms with Crippen molar-refractivity contribution in [3.8, 4) is 6.07 Å². The van der Waals surface area contributed by atoms with Gasteiger partial charge in [0.2, 0.25) is 0 Å². The van der Waals surface area contributed by atoms with Crippen LogP contribution in [-0.4, -0.2) is 36.1 Å². The average molecular weight is 319 g/mol. The Hall–Kier alpha value is -1.61. The zero-order valence-electron chi connectivity index (χ0n) is 11.5. The number of piperazine rings is 1. The first-order valence-electron chi connectivity index (χ1n) is 6.82. The van der Waals surface area contributed by atoms with Crippen LogP contribution < -0.4 is 4.90 Å². The van der Waals surface area contributed by atoms with Gasteiger partial charge in [-0.3, -0.25) is 4.90 Å². The van der Waals surface area contributed by atoms with Gasteiger partial charge >= 0.3 is 0 Å². The van der Waals surface area contributed by atoms with E-state index in [1.165, 1.54) is 4.88 Å². The van der Waals surface area contributed by atoms with Crippen LogP contribution in [0.2, 0.25) is 4.34 Å². The SMILES string of the molecule is N#Cc1ccnc(N2CCN(Cc3ccc(Cl)s3)CC2)c1.